The minimum absolute atomic E-state index is 0.131. The summed E-state index contributed by atoms with van der Waals surface area (Å²) in [7, 11) is 0. The zero-order valence-corrected chi connectivity index (χ0v) is 20.3. The van der Waals surface area contributed by atoms with Crippen molar-refractivity contribution in [3.05, 3.63) is 110 Å². The number of hydrogen-bond donors (Lipinski definition) is 0. The van der Waals surface area contributed by atoms with Gasteiger partial charge in [0.05, 0.1) is 28.5 Å². The van der Waals surface area contributed by atoms with Crippen LogP contribution in [0.2, 0.25) is 5.02 Å². The third kappa shape index (κ3) is 3.40. The van der Waals surface area contributed by atoms with Crippen molar-refractivity contribution in [2.75, 3.05) is 4.90 Å². The number of nitro benzene ring substituents is 1. The van der Waals surface area contributed by atoms with Gasteiger partial charge in [-0.3, -0.25) is 24.5 Å². The van der Waals surface area contributed by atoms with Crippen molar-refractivity contribution >= 4 is 46.6 Å². The Morgan fingerprint density at radius 2 is 1.68 bits per heavy atom. The molecule has 3 heterocycles. The molecule has 3 aliphatic heterocycles. The average molecular weight is 514 g/mol. The number of amides is 2. The average Bonchev–Trinajstić information content (AvgIpc) is 3.36. The monoisotopic (exact) mass is 513 g/mol. The Morgan fingerprint density at radius 1 is 0.973 bits per heavy atom. The molecule has 0 spiro atoms. The summed E-state index contributed by atoms with van der Waals surface area (Å²) in [5.74, 6) is -2.90. The largest absolute Gasteiger partial charge is 0.358 e. The van der Waals surface area contributed by atoms with Gasteiger partial charge in [0.1, 0.15) is 6.04 Å². The Bertz CT molecular complexity index is 1530. The van der Waals surface area contributed by atoms with E-state index in [9.17, 15) is 24.5 Å². The molecule has 3 aliphatic rings. The molecule has 3 aromatic rings. The lowest BCUT2D eigenvalue weighted by Crippen LogP contribution is -2.44. The Morgan fingerprint density at radius 3 is 2.38 bits per heavy atom. The number of halogens is 1. The fraction of sp³-hybridized carbons (Fsp3) is 0.179. The van der Waals surface area contributed by atoms with Gasteiger partial charge in [-0.25, -0.2) is 4.90 Å². The van der Waals surface area contributed by atoms with Crippen LogP contribution >= 0.6 is 11.6 Å². The molecule has 3 aromatic carbocycles. The molecular formula is C28H20ClN3O5. The SMILES string of the molecule is Cc1cc([N+](=O)[O-])ccc1N1C(=O)[C@@H]2[C@@H](C1=O)[C@@H]1c3ccccc3C=CN1[C@@H]2C(=O)c1ccc(Cl)cc1. The van der Waals surface area contributed by atoms with Crippen LogP contribution in [-0.2, 0) is 9.59 Å². The third-order valence-corrected chi connectivity index (χ3v) is 7.74. The van der Waals surface area contributed by atoms with Crippen molar-refractivity contribution in [2.45, 2.75) is 19.0 Å². The van der Waals surface area contributed by atoms with Gasteiger partial charge in [-0.2, -0.15) is 0 Å². The van der Waals surface area contributed by atoms with Gasteiger partial charge >= 0.3 is 0 Å². The van der Waals surface area contributed by atoms with Crippen molar-refractivity contribution in [1.29, 1.82) is 0 Å². The van der Waals surface area contributed by atoms with Crippen LogP contribution in [0.4, 0.5) is 11.4 Å². The number of carbonyl (C=O) groups excluding carboxylic acids is 3. The predicted molar refractivity (Wildman–Crippen MR) is 137 cm³/mol. The molecule has 0 radical (unpaired) electrons. The highest BCUT2D eigenvalue weighted by molar-refractivity contribution is 6.30. The summed E-state index contributed by atoms with van der Waals surface area (Å²) in [6.45, 7) is 1.62. The number of rotatable bonds is 4. The number of hydrogen-bond acceptors (Lipinski definition) is 6. The molecule has 0 bridgehead atoms. The van der Waals surface area contributed by atoms with Gasteiger partial charge in [-0.05, 0) is 60.0 Å². The summed E-state index contributed by atoms with van der Waals surface area (Å²) < 4.78 is 0. The topological polar surface area (TPSA) is 101 Å². The Balaban J connectivity index is 1.49. The number of anilines is 1. The van der Waals surface area contributed by atoms with Gasteiger partial charge in [0.15, 0.2) is 5.78 Å². The molecule has 0 unspecified atom stereocenters. The zero-order chi connectivity index (χ0) is 26.0. The molecule has 8 nitrogen and oxygen atoms in total. The first kappa shape index (κ1) is 23.1. The summed E-state index contributed by atoms with van der Waals surface area (Å²) in [6.07, 6.45) is 3.69. The second kappa shape index (κ2) is 8.38. The molecule has 0 N–H and O–H groups in total. The molecule has 2 fully saturated rings. The second-order valence-corrected chi connectivity index (χ2v) is 9.88. The number of carbonyl (C=O) groups is 3. The molecular weight excluding hydrogens is 494 g/mol. The van der Waals surface area contributed by atoms with Crippen LogP contribution in [0.5, 0.6) is 0 Å². The molecule has 37 heavy (non-hydrogen) atoms. The molecule has 6 rings (SSSR count). The predicted octanol–water partition coefficient (Wildman–Crippen LogP) is 4.95. The van der Waals surface area contributed by atoms with E-state index in [1.54, 1.807) is 37.4 Å². The van der Waals surface area contributed by atoms with Gasteiger partial charge < -0.3 is 4.90 Å². The normalized spacial score (nSPS) is 23.6. The molecule has 2 amide bonds. The first-order valence-corrected chi connectivity index (χ1v) is 12.1. The van der Waals surface area contributed by atoms with Gasteiger partial charge in [0.2, 0.25) is 11.8 Å². The number of fused-ring (bicyclic) bond motifs is 5. The number of imide groups is 1. The Labute approximate surface area is 216 Å². The maximum absolute atomic E-state index is 14.0. The second-order valence-electron chi connectivity index (χ2n) is 9.44. The van der Waals surface area contributed by atoms with Crippen molar-refractivity contribution in [2.24, 2.45) is 11.8 Å². The highest BCUT2D eigenvalue weighted by Gasteiger charge is 2.64. The highest BCUT2D eigenvalue weighted by atomic mass is 35.5. The fourth-order valence-corrected chi connectivity index (χ4v) is 6.01. The van der Waals surface area contributed by atoms with E-state index in [2.05, 4.69) is 0 Å². The van der Waals surface area contributed by atoms with E-state index in [1.807, 2.05) is 35.2 Å². The van der Waals surface area contributed by atoms with Crippen molar-refractivity contribution in [3.8, 4) is 0 Å². The van der Waals surface area contributed by atoms with Crippen LogP contribution < -0.4 is 4.90 Å². The Hall–Kier alpha value is -4.30. The lowest BCUT2D eigenvalue weighted by Gasteiger charge is -2.35. The minimum Gasteiger partial charge on any atom is -0.358 e. The molecule has 2 saturated heterocycles. The highest BCUT2D eigenvalue weighted by Crippen LogP contribution is 2.54. The van der Waals surface area contributed by atoms with E-state index >= 15 is 0 Å². The van der Waals surface area contributed by atoms with Crippen LogP contribution in [0, 0.1) is 28.9 Å². The number of nitrogens with zero attached hydrogens (tertiary/aromatic N) is 3. The maximum atomic E-state index is 14.0. The van der Waals surface area contributed by atoms with Crippen molar-refractivity contribution in [3.63, 3.8) is 0 Å². The van der Waals surface area contributed by atoms with Crippen LogP contribution in [0.15, 0.2) is 72.9 Å². The van der Waals surface area contributed by atoms with Crippen LogP contribution in [0.3, 0.4) is 0 Å². The fourth-order valence-electron chi connectivity index (χ4n) is 5.88. The number of benzene rings is 3. The summed E-state index contributed by atoms with van der Waals surface area (Å²) in [4.78, 5) is 55.5. The molecule has 0 aromatic heterocycles. The summed E-state index contributed by atoms with van der Waals surface area (Å²) in [5, 5.41) is 11.7. The van der Waals surface area contributed by atoms with Crippen molar-refractivity contribution < 1.29 is 19.3 Å². The molecule has 0 saturated carbocycles. The molecule has 184 valence electrons. The van der Waals surface area contributed by atoms with Crippen LogP contribution in [0.1, 0.15) is 33.1 Å². The number of non-ortho nitro benzene ring substituents is 1. The van der Waals surface area contributed by atoms with E-state index < -0.39 is 40.7 Å². The van der Waals surface area contributed by atoms with E-state index in [-0.39, 0.29) is 11.5 Å². The van der Waals surface area contributed by atoms with E-state index in [4.69, 9.17) is 11.6 Å². The number of aryl methyl sites for hydroxylation is 1. The van der Waals surface area contributed by atoms with Gasteiger partial charge in [0.25, 0.3) is 5.69 Å². The van der Waals surface area contributed by atoms with E-state index in [0.29, 0.717) is 21.8 Å². The van der Waals surface area contributed by atoms with E-state index in [0.717, 1.165) is 16.0 Å². The molecule has 0 aliphatic carbocycles. The van der Waals surface area contributed by atoms with E-state index in [1.165, 1.54) is 18.2 Å². The Kier molecular flexibility index (Phi) is 5.24. The number of nitro groups is 1. The summed E-state index contributed by atoms with van der Waals surface area (Å²) in [6, 6.07) is 16.7. The first-order valence-electron chi connectivity index (χ1n) is 11.7. The van der Waals surface area contributed by atoms with Gasteiger partial charge in [0, 0.05) is 28.9 Å². The van der Waals surface area contributed by atoms with Gasteiger partial charge in [-0.1, -0.05) is 35.9 Å². The lowest BCUT2D eigenvalue weighted by atomic mass is 9.83. The quantitative estimate of drug-likeness (QED) is 0.212. The lowest BCUT2D eigenvalue weighted by molar-refractivity contribution is -0.384. The van der Waals surface area contributed by atoms with Gasteiger partial charge in [-0.15, -0.1) is 0 Å². The number of ketones is 1. The maximum Gasteiger partial charge on any atom is 0.269 e. The van der Waals surface area contributed by atoms with Crippen LogP contribution in [0.25, 0.3) is 6.08 Å². The zero-order valence-electron chi connectivity index (χ0n) is 19.6. The molecule has 4 atom stereocenters. The van der Waals surface area contributed by atoms with Crippen molar-refractivity contribution in [1.82, 2.24) is 4.90 Å². The number of Topliss-reactive ketones (excluding diaryl/α,β-unsaturated/α-hetero) is 1. The first-order chi connectivity index (χ1) is 17.8. The summed E-state index contributed by atoms with van der Waals surface area (Å²) >= 11 is 6.03. The third-order valence-electron chi connectivity index (χ3n) is 7.49. The smallest absolute Gasteiger partial charge is 0.269 e. The summed E-state index contributed by atoms with van der Waals surface area (Å²) in [5.41, 5.74) is 2.78. The van der Waals surface area contributed by atoms with Crippen LogP contribution in [-0.4, -0.2) is 33.5 Å². The molecule has 9 heteroatoms. The standard InChI is InChI=1S/C28H20ClN3O5/c1-15-14-19(32(36)37)10-11-21(15)31-27(34)22-23(28(31)35)25(26(33)17-6-8-18(29)9-7-17)30-13-12-16-4-2-3-5-20(16)24(22)30/h2-14,22-25H,1H3/t22-,23-,24+,25+/m1/s1. The minimum atomic E-state index is -0.925.